The van der Waals surface area contributed by atoms with Crippen molar-refractivity contribution in [2.24, 2.45) is 5.73 Å². The van der Waals surface area contributed by atoms with Crippen molar-refractivity contribution in [3.63, 3.8) is 0 Å². The monoisotopic (exact) mass is 385 g/mol. The number of rotatable bonds is 10. The van der Waals surface area contributed by atoms with Gasteiger partial charge < -0.3 is 21.3 Å². The first-order valence-corrected chi connectivity index (χ1v) is 8.71. The minimum absolute atomic E-state index is 0.268. The third kappa shape index (κ3) is 5.90. The molecule has 0 aliphatic heterocycles. The molecular weight excluding hydrogens is 362 g/mol. The molecule has 0 saturated heterocycles. The van der Waals surface area contributed by atoms with Crippen LogP contribution in [0.25, 0.3) is 0 Å². The lowest BCUT2D eigenvalue weighted by Gasteiger charge is -2.28. The molecule has 28 heavy (non-hydrogen) atoms. The Morgan fingerprint density at radius 1 is 0.893 bits per heavy atom. The Bertz CT molecular complexity index is 759. The van der Waals surface area contributed by atoms with Crippen LogP contribution in [0.2, 0.25) is 0 Å². The van der Waals surface area contributed by atoms with Crippen molar-refractivity contribution >= 4 is 17.8 Å². The SMILES string of the molecule is NC(CNC(=O)C(NCC(=O)O)C(c1ccccc1)c1ccccc1)C(=O)O. The molecule has 0 radical (unpaired) electrons. The van der Waals surface area contributed by atoms with Crippen LogP contribution in [-0.4, -0.2) is 53.2 Å². The Morgan fingerprint density at radius 3 is 1.82 bits per heavy atom. The topological polar surface area (TPSA) is 142 Å². The number of benzene rings is 2. The van der Waals surface area contributed by atoms with Gasteiger partial charge in [-0.2, -0.15) is 0 Å². The molecule has 0 saturated carbocycles. The summed E-state index contributed by atoms with van der Waals surface area (Å²) in [4.78, 5) is 34.8. The van der Waals surface area contributed by atoms with Crippen molar-refractivity contribution in [3.8, 4) is 0 Å². The Kier molecular flexibility index (Phi) is 7.67. The van der Waals surface area contributed by atoms with E-state index < -0.39 is 42.4 Å². The molecule has 2 aromatic rings. The zero-order valence-electron chi connectivity index (χ0n) is 15.1. The fourth-order valence-electron chi connectivity index (χ4n) is 2.87. The van der Waals surface area contributed by atoms with Gasteiger partial charge in [0.2, 0.25) is 5.91 Å². The molecule has 0 aromatic heterocycles. The standard InChI is InChI=1S/C20H23N3O5/c21-15(20(27)28)11-23-19(26)18(22-12-16(24)25)17(13-7-3-1-4-8-13)14-9-5-2-6-10-14/h1-10,15,17-18,22H,11-12,21H2,(H,23,26)(H,24,25)(H,27,28). The average Bonchev–Trinajstić information content (AvgIpc) is 2.70. The van der Waals surface area contributed by atoms with Crippen molar-refractivity contribution < 1.29 is 24.6 Å². The predicted octanol–water partition coefficient (Wildman–Crippen LogP) is 0.389. The van der Waals surface area contributed by atoms with Crippen LogP contribution < -0.4 is 16.4 Å². The first-order chi connectivity index (χ1) is 13.4. The summed E-state index contributed by atoms with van der Waals surface area (Å²) in [5.74, 6) is -3.36. The summed E-state index contributed by atoms with van der Waals surface area (Å²) in [5.41, 5.74) is 7.08. The van der Waals surface area contributed by atoms with Gasteiger partial charge in [-0.05, 0) is 11.1 Å². The largest absolute Gasteiger partial charge is 0.480 e. The van der Waals surface area contributed by atoms with Gasteiger partial charge in [0.25, 0.3) is 0 Å². The molecule has 2 rings (SSSR count). The maximum Gasteiger partial charge on any atom is 0.322 e. The highest BCUT2D eigenvalue weighted by Gasteiger charge is 2.31. The summed E-state index contributed by atoms with van der Waals surface area (Å²) in [6.45, 7) is -0.699. The number of carbonyl (C=O) groups is 3. The van der Waals surface area contributed by atoms with Crippen molar-refractivity contribution in [1.82, 2.24) is 10.6 Å². The van der Waals surface area contributed by atoms with Gasteiger partial charge in [0, 0.05) is 12.5 Å². The number of hydrogen-bond donors (Lipinski definition) is 5. The van der Waals surface area contributed by atoms with E-state index >= 15 is 0 Å². The average molecular weight is 385 g/mol. The van der Waals surface area contributed by atoms with E-state index in [1.807, 2.05) is 60.7 Å². The van der Waals surface area contributed by atoms with E-state index in [9.17, 15) is 14.4 Å². The Balaban J connectivity index is 2.36. The Morgan fingerprint density at radius 2 is 1.39 bits per heavy atom. The number of carbonyl (C=O) groups excluding carboxylic acids is 1. The molecule has 6 N–H and O–H groups in total. The summed E-state index contributed by atoms with van der Waals surface area (Å²) >= 11 is 0. The van der Waals surface area contributed by atoms with Crippen LogP contribution in [0.15, 0.2) is 60.7 Å². The lowest BCUT2D eigenvalue weighted by Crippen LogP contribution is -2.52. The number of carboxylic acid groups (broad SMARTS) is 2. The van der Waals surface area contributed by atoms with E-state index in [2.05, 4.69) is 10.6 Å². The van der Waals surface area contributed by atoms with Crippen LogP contribution in [0, 0.1) is 0 Å². The van der Waals surface area contributed by atoms with Gasteiger partial charge in [0.1, 0.15) is 6.04 Å². The van der Waals surface area contributed by atoms with Crippen LogP contribution >= 0.6 is 0 Å². The highest BCUT2D eigenvalue weighted by atomic mass is 16.4. The second-order valence-corrected chi connectivity index (χ2v) is 6.24. The van der Waals surface area contributed by atoms with Crippen molar-refractivity contribution in [2.75, 3.05) is 13.1 Å². The van der Waals surface area contributed by atoms with E-state index in [0.717, 1.165) is 11.1 Å². The van der Waals surface area contributed by atoms with E-state index in [0.29, 0.717) is 0 Å². The summed E-state index contributed by atoms with van der Waals surface area (Å²) in [5, 5.41) is 23.2. The van der Waals surface area contributed by atoms with Gasteiger partial charge in [-0.1, -0.05) is 60.7 Å². The maximum atomic E-state index is 12.9. The molecule has 0 fully saturated rings. The highest BCUT2D eigenvalue weighted by Crippen LogP contribution is 2.28. The number of nitrogens with two attached hydrogens (primary N) is 1. The second-order valence-electron chi connectivity index (χ2n) is 6.24. The molecular formula is C20H23N3O5. The van der Waals surface area contributed by atoms with Crippen LogP contribution in [0.5, 0.6) is 0 Å². The van der Waals surface area contributed by atoms with Gasteiger partial charge in [0.05, 0.1) is 12.6 Å². The first kappa shape index (κ1) is 21.1. The molecule has 0 bridgehead atoms. The van der Waals surface area contributed by atoms with Gasteiger partial charge in [0.15, 0.2) is 0 Å². The van der Waals surface area contributed by atoms with Gasteiger partial charge >= 0.3 is 11.9 Å². The lowest BCUT2D eigenvalue weighted by atomic mass is 9.84. The number of aliphatic carboxylic acids is 2. The smallest absolute Gasteiger partial charge is 0.322 e. The minimum Gasteiger partial charge on any atom is -0.480 e. The molecule has 8 heteroatoms. The molecule has 2 aromatic carbocycles. The van der Waals surface area contributed by atoms with Gasteiger partial charge in [-0.3, -0.25) is 19.7 Å². The first-order valence-electron chi connectivity index (χ1n) is 8.71. The highest BCUT2D eigenvalue weighted by molar-refractivity contribution is 5.85. The Hall–Kier alpha value is -3.23. The normalized spacial score (nSPS) is 12.9. The molecule has 1 amide bonds. The summed E-state index contributed by atoms with van der Waals surface area (Å²) in [6.07, 6.45) is 0. The molecule has 148 valence electrons. The maximum absolute atomic E-state index is 12.9. The third-order valence-corrected chi connectivity index (χ3v) is 4.22. The molecule has 0 spiro atoms. The number of hydrogen-bond acceptors (Lipinski definition) is 5. The van der Waals surface area contributed by atoms with Crippen LogP contribution in [0.1, 0.15) is 17.0 Å². The van der Waals surface area contributed by atoms with E-state index in [-0.39, 0.29) is 6.54 Å². The fourth-order valence-corrected chi connectivity index (χ4v) is 2.87. The van der Waals surface area contributed by atoms with Crippen molar-refractivity contribution in [3.05, 3.63) is 71.8 Å². The summed E-state index contributed by atoms with van der Waals surface area (Å²) in [7, 11) is 0. The zero-order chi connectivity index (χ0) is 20.5. The lowest BCUT2D eigenvalue weighted by molar-refractivity contribution is -0.138. The molecule has 0 aliphatic carbocycles. The zero-order valence-corrected chi connectivity index (χ0v) is 15.1. The number of carboxylic acids is 2. The third-order valence-electron chi connectivity index (χ3n) is 4.22. The molecule has 2 atom stereocenters. The van der Waals surface area contributed by atoms with Gasteiger partial charge in [-0.15, -0.1) is 0 Å². The van der Waals surface area contributed by atoms with Crippen LogP contribution in [-0.2, 0) is 14.4 Å². The van der Waals surface area contributed by atoms with E-state index in [4.69, 9.17) is 15.9 Å². The summed E-state index contributed by atoms with van der Waals surface area (Å²) < 4.78 is 0. The fraction of sp³-hybridized carbons (Fsp3) is 0.250. The Labute approximate surface area is 162 Å². The van der Waals surface area contributed by atoms with Crippen LogP contribution in [0.3, 0.4) is 0 Å². The van der Waals surface area contributed by atoms with Gasteiger partial charge in [-0.25, -0.2) is 0 Å². The van der Waals surface area contributed by atoms with E-state index in [1.54, 1.807) is 0 Å². The summed E-state index contributed by atoms with van der Waals surface area (Å²) in [6, 6.07) is 16.2. The van der Waals surface area contributed by atoms with Crippen molar-refractivity contribution in [2.45, 2.75) is 18.0 Å². The molecule has 2 unspecified atom stereocenters. The predicted molar refractivity (Wildman–Crippen MR) is 103 cm³/mol. The number of amides is 1. The quantitative estimate of drug-likeness (QED) is 0.398. The molecule has 8 nitrogen and oxygen atoms in total. The minimum atomic E-state index is -1.25. The van der Waals surface area contributed by atoms with E-state index in [1.165, 1.54) is 0 Å². The van der Waals surface area contributed by atoms with Crippen molar-refractivity contribution in [1.29, 1.82) is 0 Å². The number of nitrogens with one attached hydrogen (secondary N) is 2. The molecule has 0 heterocycles. The van der Waals surface area contributed by atoms with Crippen LogP contribution in [0.4, 0.5) is 0 Å². The second kappa shape index (κ2) is 10.2. The molecule has 0 aliphatic rings.